The molecule has 0 saturated heterocycles. The number of benzene rings is 7. The maximum Gasteiger partial charge on any atom is 0.0153 e. The lowest BCUT2D eigenvalue weighted by Crippen LogP contribution is -2.23. The summed E-state index contributed by atoms with van der Waals surface area (Å²) in [5, 5.41) is 5.09. The van der Waals surface area contributed by atoms with Gasteiger partial charge in [0.25, 0.3) is 0 Å². The molecule has 0 spiro atoms. The molecule has 51 heavy (non-hydrogen) atoms. The van der Waals surface area contributed by atoms with Crippen molar-refractivity contribution in [3.8, 4) is 33.4 Å². The normalized spacial score (nSPS) is 16.4. The van der Waals surface area contributed by atoms with Gasteiger partial charge in [-0.3, -0.25) is 0 Å². The van der Waals surface area contributed by atoms with E-state index in [2.05, 4.69) is 209 Å². The SMILES string of the molecule is C/C=C\C(=C/C)C1=CC(C)(c2cccc(-c3ccc4c(-c5ccccc5)c5ccccc5c(-c5ccccc5)c4c3)c2)CC(c2ccccc2)=C1. The van der Waals surface area contributed by atoms with Gasteiger partial charge in [-0.2, -0.15) is 0 Å². The standard InChI is InChI=1S/C51H42/c1-4-18-36(5-2)42-31-43(37-19-9-6-10-20-37)35-51(3,34-42)44-26-17-25-40(32-44)41-29-30-47-48(33-41)50(39-23-13-8-14-24-39)46-28-16-15-27-45(46)49(47)38-21-11-7-12-22-38/h4-34H,35H2,1-3H3/b18-4-,36-5+. The average Bonchev–Trinajstić information content (AvgIpc) is 3.19. The third kappa shape index (κ3) is 6.08. The van der Waals surface area contributed by atoms with Crippen LogP contribution in [0.25, 0.3) is 60.5 Å². The minimum Gasteiger partial charge on any atom is -0.0871 e. The Morgan fingerprint density at radius 2 is 1.04 bits per heavy atom. The Bertz CT molecular complexity index is 2490. The lowest BCUT2D eigenvalue weighted by Gasteiger charge is -2.33. The zero-order chi connectivity index (χ0) is 34.8. The molecule has 1 aliphatic carbocycles. The monoisotopic (exact) mass is 654 g/mol. The van der Waals surface area contributed by atoms with Gasteiger partial charge in [0.2, 0.25) is 0 Å². The van der Waals surface area contributed by atoms with Crippen LogP contribution < -0.4 is 0 Å². The van der Waals surface area contributed by atoms with E-state index in [9.17, 15) is 0 Å². The molecule has 0 heterocycles. The van der Waals surface area contributed by atoms with Crippen LogP contribution in [0, 0.1) is 0 Å². The molecule has 0 N–H and O–H groups in total. The molecule has 0 nitrogen and oxygen atoms in total. The van der Waals surface area contributed by atoms with Gasteiger partial charge >= 0.3 is 0 Å². The quantitative estimate of drug-likeness (QED) is 0.119. The third-order valence-electron chi connectivity index (χ3n) is 10.5. The number of rotatable bonds is 7. The van der Waals surface area contributed by atoms with Gasteiger partial charge in [0.15, 0.2) is 0 Å². The van der Waals surface area contributed by atoms with E-state index < -0.39 is 0 Å². The zero-order valence-electron chi connectivity index (χ0n) is 29.6. The smallest absolute Gasteiger partial charge is 0.0153 e. The molecule has 0 bridgehead atoms. The molecule has 1 unspecified atom stereocenters. The van der Waals surface area contributed by atoms with Gasteiger partial charge in [0, 0.05) is 5.41 Å². The Balaban J connectivity index is 1.32. The first-order valence-corrected chi connectivity index (χ1v) is 18.0. The molecule has 0 saturated carbocycles. The molecule has 246 valence electrons. The third-order valence-corrected chi connectivity index (χ3v) is 10.5. The molecule has 0 radical (unpaired) electrons. The van der Waals surface area contributed by atoms with Gasteiger partial charge in [0.05, 0.1) is 0 Å². The Kier molecular flexibility index (Phi) is 8.68. The molecule has 0 amide bonds. The van der Waals surface area contributed by atoms with Crippen molar-refractivity contribution in [2.75, 3.05) is 0 Å². The lowest BCUT2D eigenvalue weighted by molar-refractivity contribution is 0.606. The summed E-state index contributed by atoms with van der Waals surface area (Å²) in [7, 11) is 0. The molecular formula is C51H42. The van der Waals surface area contributed by atoms with Gasteiger partial charge in [-0.25, -0.2) is 0 Å². The first-order chi connectivity index (χ1) is 25.1. The number of fused-ring (bicyclic) bond motifs is 2. The molecule has 0 aromatic heterocycles. The van der Waals surface area contributed by atoms with Gasteiger partial charge in [-0.15, -0.1) is 0 Å². The van der Waals surface area contributed by atoms with Crippen LogP contribution in [0.4, 0.5) is 0 Å². The molecular weight excluding hydrogens is 613 g/mol. The molecule has 7 aromatic carbocycles. The van der Waals surface area contributed by atoms with Crippen molar-refractivity contribution in [1.82, 2.24) is 0 Å². The summed E-state index contributed by atoms with van der Waals surface area (Å²) in [5.41, 5.74) is 13.8. The van der Waals surface area contributed by atoms with Crippen LogP contribution in [0.2, 0.25) is 0 Å². The maximum atomic E-state index is 2.49. The highest BCUT2D eigenvalue weighted by Gasteiger charge is 2.30. The van der Waals surface area contributed by atoms with Crippen LogP contribution in [0.3, 0.4) is 0 Å². The van der Waals surface area contributed by atoms with Crippen LogP contribution in [0.5, 0.6) is 0 Å². The van der Waals surface area contributed by atoms with E-state index in [0.29, 0.717) is 0 Å². The molecule has 1 atom stereocenters. The van der Waals surface area contributed by atoms with E-state index in [4.69, 9.17) is 0 Å². The maximum absolute atomic E-state index is 2.49. The fourth-order valence-corrected chi connectivity index (χ4v) is 8.04. The number of allylic oxidation sites excluding steroid dienone is 8. The summed E-state index contributed by atoms with van der Waals surface area (Å²) in [6, 6.07) is 57.9. The summed E-state index contributed by atoms with van der Waals surface area (Å²) >= 11 is 0. The minimum atomic E-state index is -0.191. The summed E-state index contributed by atoms with van der Waals surface area (Å²) < 4.78 is 0. The summed E-state index contributed by atoms with van der Waals surface area (Å²) in [5.74, 6) is 0. The van der Waals surface area contributed by atoms with Crippen molar-refractivity contribution in [1.29, 1.82) is 0 Å². The van der Waals surface area contributed by atoms with Crippen molar-refractivity contribution >= 4 is 27.1 Å². The molecule has 0 aliphatic heterocycles. The highest BCUT2D eigenvalue weighted by atomic mass is 14.3. The van der Waals surface area contributed by atoms with Crippen LogP contribution in [0.15, 0.2) is 199 Å². The Labute approximate surface area is 302 Å². The van der Waals surface area contributed by atoms with E-state index in [1.807, 2.05) is 0 Å². The second-order valence-electron chi connectivity index (χ2n) is 13.8. The van der Waals surface area contributed by atoms with Gasteiger partial charge < -0.3 is 0 Å². The Morgan fingerprint density at radius 1 is 0.510 bits per heavy atom. The van der Waals surface area contributed by atoms with Crippen LogP contribution in [-0.2, 0) is 5.41 Å². The van der Waals surface area contributed by atoms with Gasteiger partial charge in [-0.05, 0) is 109 Å². The predicted molar refractivity (Wildman–Crippen MR) is 221 cm³/mol. The van der Waals surface area contributed by atoms with Crippen LogP contribution in [0.1, 0.15) is 38.3 Å². The second kappa shape index (κ2) is 13.7. The fraction of sp³-hybridized carbons (Fsp3) is 0.0980. The van der Waals surface area contributed by atoms with Crippen molar-refractivity contribution in [3.63, 3.8) is 0 Å². The molecule has 1 aliphatic rings. The van der Waals surface area contributed by atoms with Gasteiger partial charge in [0.1, 0.15) is 0 Å². The number of hydrogen-bond donors (Lipinski definition) is 0. The van der Waals surface area contributed by atoms with Crippen LogP contribution >= 0.6 is 0 Å². The van der Waals surface area contributed by atoms with Crippen LogP contribution in [-0.4, -0.2) is 0 Å². The van der Waals surface area contributed by atoms with E-state index >= 15 is 0 Å². The van der Waals surface area contributed by atoms with Crippen molar-refractivity contribution in [3.05, 3.63) is 210 Å². The average molecular weight is 655 g/mol. The largest absolute Gasteiger partial charge is 0.0871 e. The van der Waals surface area contributed by atoms with E-state index in [1.54, 1.807) is 0 Å². The molecule has 0 heteroatoms. The van der Waals surface area contributed by atoms with E-state index in [0.717, 1.165) is 6.42 Å². The topological polar surface area (TPSA) is 0 Å². The molecule has 7 aromatic rings. The lowest BCUT2D eigenvalue weighted by atomic mass is 9.70. The first-order valence-electron chi connectivity index (χ1n) is 18.0. The van der Waals surface area contributed by atoms with Crippen molar-refractivity contribution < 1.29 is 0 Å². The molecule has 8 rings (SSSR count). The summed E-state index contributed by atoms with van der Waals surface area (Å²) in [6.45, 7) is 6.63. The first kappa shape index (κ1) is 32.2. The minimum absolute atomic E-state index is 0.191. The molecule has 0 fully saturated rings. The van der Waals surface area contributed by atoms with E-state index in [-0.39, 0.29) is 5.41 Å². The van der Waals surface area contributed by atoms with E-state index in [1.165, 1.54) is 82.8 Å². The Hall–Kier alpha value is -5.98. The fourth-order valence-electron chi connectivity index (χ4n) is 8.04. The zero-order valence-corrected chi connectivity index (χ0v) is 29.6. The van der Waals surface area contributed by atoms with Gasteiger partial charge in [-0.1, -0.05) is 189 Å². The number of hydrogen-bond acceptors (Lipinski definition) is 0. The highest BCUT2D eigenvalue weighted by Crippen LogP contribution is 2.46. The van der Waals surface area contributed by atoms with Crippen molar-refractivity contribution in [2.24, 2.45) is 0 Å². The predicted octanol–water partition coefficient (Wildman–Crippen LogP) is 14.2. The second-order valence-corrected chi connectivity index (χ2v) is 13.8. The Morgan fingerprint density at radius 3 is 1.65 bits per heavy atom. The summed E-state index contributed by atoms with van der Waals surface area (Å²) in [4.78, 5) is 0. The summed E-state index contributed by atoms with van der Waals surface area (Å²) in [6.07, 6.45) is 12.4. The van der Waals surface area contributed by atoms with Crippen molar-refractivity contribution in [2.45, 2.75) is 32.6 Å². The highest BCUT2D eigenvalue weighted by molar-refractivity contribution is 6.21.